The highest BCUT2D eigenvalue weighted by molar-refractivity contribution is 7.98. The molecule has 0 fully saturated rings. The van der Waals surface area contributed by atoms with Gasteiger partial charge >= 0.3 is 0 Å². The van der Waals surface area contributed by atoms with Crippen molar-refractivity contribution in [1.29, 1.82) is 0 Å². The first-order valence-electron chi connectivity index (χ1n) is 8.23. The number of nitrogens with one attached hydrogen (secondary N) is 1. The van der Waals surface area contributed by atoms with E-state index >= 15 is 0 Å². The Kier molecular flexibility index (Phi) is 5.96. The predicted molar refractivity (Wildman–Crippen MR) is 106 cm³/mol. The SMILES string of the molecule is CCC(=O)Nc1cccc(-c2nnc(SCc3ccc(Cl)cc3)n2C)c1. The van der Waals surface area contributed by atoms with Gasteiger partial charge in [-0.2, -0.15) is 0 Å². The maximum absolute atomic E-state index is 11.6. The third-order valence-electron chi connectivity index (χ3n) is 3.84. The van der Waals surface area contributed by atoms with Crippen LogP contribution in [0.25, 0.3) is 11.4 Å². The molecule has 7 heteroatoms. The molecule has 0 aliphatic rings. The molecule has 0 unspecified atom stereocenters. The average Bonchev–Trinajstić information content (AvgIpc) is 3.02. The number of hydrogen-bond acceptors (Lipinski definition) is 4. The summed E-state index contributed by atoms with van der Waals surface area (Å²) in [5.41, 5.74) is 2.84. The highest BCUT2D eigenvalue weighted by Crippen LogP contribution is 2.27. The average molecular weight is 387 g/mol. The summed E-state index contributed by atoms with van der Waals surface area (Å²) in [6, 6.07) is 15.4. The summed E-state index contributed by atoms with van der Waals surface area (Å²) in [6.45, 7) is 1.83. The Morgan fingerprint density at radius 1 is 1.19 bits per heavy atom. The Morgan fingerprint density at radius 3 is 2.69 bits per heavy atom. The van der Waals surface area contributed by atoms with Gasteiger partial charge in [-0.3, -0.25) is 4.79 Å². The number of carbonyl (C=O) groups is 1. The minimum atomic E-state index is -0.0145. The number of anilines is 1. The van der Waals surface area contributed by atoms with Crippen LogP contribution in [0.4, 0.5) is 5.69 Å². The summed E-state index contributed by atoms with van der Waals surface area (Å²) < 4.78 is 1.96. The van der Waals surface area contributed by atoms with Gasteiger partial charge in [0.25, 0.3) is 0 Å². The van der Waals surface area contributed by atoms with Gasteiger partial charge < -0.3 is 9.88 Å². The first-order valence-corrected chi connectivity index (χ1v) is 9.60. The first-order chi connectivity index (χ1) is 12.6. The van der Waals surface area contributed by atoms with Crippen molar-refractivity contribution >= 4 is 35.0 Å². The van der Waals surface area contributed by atoms with Crippen molar-refractivity contribution in [3.8, 4) is 11.4 Å². The predicted octanol–water partition coefficient (Wildman–Crippen LogP) is 4.78. The van der Waals surface area contributed by atoms with E-state index in [2.05, 4.69) is 15.5 Å². The molecule has 1 aromatic heterocycles. The molecule has 0 saturated heterocycles. The number of amides is 1. The summed E-state index contributed by atoms with van der Waals surface area (Å²) in [7, 11) is 1.94. The fourth-order valence-electron chi connectivity index (χ4n) is 2.41. The number of nitrogens with zero attached hydrogens (tertiary/aromatic N) is 3. The van der Waals surface area contributed by atoms with Gasteiger partial charge in [0, 0.05) is 35.5 Å². The van der Waals surface area contributed by atoms with Crippen LogP contribution in [-0.2, 0) is 17.6 Å². The fraction of sp³-hybridized carbons (Fsp3) is 0.211. The molecular formula is C19H19ClN4OS. The van der Waals surface area contributed by atoms with E-state index in [0.29, 0.717) is 6.42 Å². The van der Waals surface area contributed by atoms with E-state index in [1.165, 1.54) is 5.56 Å². The second kappa shape index (κ2) is 8.38. The lowest BCUT2D eigenvalue weighted by Gasteiger charge is -2.07. The van der Waals surface area contributed by atoms with Gasteiger partial charge in [-0.15, -0.1) is 10.2 Å². The largest absolute Gasteiger partial charge is 0.326 e. The summed E-state index contributed by atoms with van der Waals surface area (Å²) >= 11 is 7.54. The number of hydrogen-bond donors (Lipinski definition) is 1. The van der Waals surface area contributed by atoms with E-state index in [0.717, 1.165) is 33.0 Å². The fourth-order valence-corrected chi connectivity index (χ4v) is 3.40. The molecule has 1 amide bonds. The zero-order valence-electron chi connectivity index (χ0n) is 14.6. The number of halogens is 1. The zero-order valence-corrected chi connectivity index (χ0v) is 16.1. The van der Waals surface area contributed by atoms with E-state index < -0.39 is 0 Å². The molecule has 0 atom stereocenters. The summed E-state index contributed by atoms with van der Waals surface area (Å²) in [6.07, 6.45) is 0.444. The van der Waals surface area contributed by atoms with Gasteiger partial charge in [-0.1, -0.05) is 54.6 Å². The molecule has 2 aromatic carbocycles. The molecule has 0 aliphatic heterocycles. The van der Waals surface area contributed by atoms with Gasteiger partial charge in [0.2, 0.25) is 5.91 Å². The topological polar surface area (TPSA) is 59.8 Å². The zero-order chi connectivity index (χ0) is 18.5. The lowest BCUT2D eigenvalue weighted by atomic mass is 10.2. The molecule has 26 heavy (non-hydrogen) atoms. The van der Waals surface area contributed by atoms with E-state index in [-0.39, 0.29) is 5.91 Å². The molecule has 0 bridgehead atoms. The monoisotopic (exact) mass is 386 g/mol. The van der Waals surface area contributed by atoms with Crippen molar-refractivity contribution in [2.24, 2.45) is 7.05 Å². The molecule has 0 spiro atoms. The first kappa shape index (κ1) is 18.5. The Balaban J connectivity index is 1.75. The Morgan fingerprint density at radius 2 is 1.96 bits per heavy atom. The van der Waals surface area contributed by atoms with Crippen LogP contribution < -0.4 is 5.32 Å². The standard InChI is InChI=1S/C19H19ClN4OS/c1-3-17(25)21-16-6-4-5-14(11-16)18-22-23-19(24(18)2)26-12-13-7-9-15(20)10-8-13/h4-11H,3,12H2,1-2H3,(H,21,25). The van der Waals surface area contributed by atoms with Crippen LogP contribution in [0.15, 0.2) is 53.7 Å². The third-order valence-corrected chi connectivity index (χ3v) is 5.19. The lowest BCUT2D eigenvalue weighted by Crippen LogP contribution is -2.09. The summed E-state index contributed by atoms with van der Waals surface area (Å²) in [5.74, 6) is 1.53. The molecule has 134 valence electrons. The van der Waals surface area contributed by atoms with E-state index in [1.807, 2.05) is 67.1 Å². The molecule has 1 heterocycles. The number of thioether (sulfide) groups is 1. The lowest BCUT2D eigenvalue weighted by molar-refractivity contribution is -0.115. The Hall–Kier alpha value is -2.31. The molecule has 3 aromatic rings. The molecular weight excluding hydrogens is 368 g/mol. The highest BCUT2D eigenvalue weighted by Gasteiger charge is 2.12. The Labute approximate surface area is 161 Å². The minimum Gasteiger partial charge on any atom is -0.326 e. The van der Waals surface area contributed by atoms with Crippen LogP contribution >= 0.6 is 23.4 Å². The molecule has 3 rings (SSSR count). The van der Waals surface area contributed by atoms with Gasteiger partial charge in [0.1, 0.15) is 0 Å². The number of aromatic nitrogens is 3. The van der Waals surface area contributed by atoms with Crippen LogP contribution in [0, 0.1) is 0 Å². The highest BCUT2D eigenvalue weighted by atomic mass is 35.5. The van der Waals surface area contributed by atoms with E-state index in [9.17, 15) is 4.79 Å². The van der Waals surface area contributed by atoms with Crippen molar-refractivity contribution in [1.82, 2.24) is 14.8 Å². The third kappa shape index (κ3) is 4.45. The maximum Gasteiger partial charge on any atom is 0.224 e. The molecule has 1 N–H and O–H groups in total. The van der Waals surface area contributed by atoms with Crippen LogP contribution in [0.2, 0.25) is 5.02 Å². The second-order valence-corrected chi connectivity index (χ2v) is 7.14. The van der Waals surface area contributed by atoms with Gasteiger partial charge in [-0.25, -0.2) is 0 Å². The summed E-state index contributed by atoms with van der Waals surface area (Å²) in [5, 5.41) is 13.0. The molecule has 5 nitrogen and oxygen atoms in total. The van der Waals surface area contributed by atoms with Gasteiger partial charge in [-0.05, 0) is 29.8 Å². The number of carbonyl (C=O) groups excluding carboxylic acids is 1. The summed E-state index contributed by atoms with van der Waals surface area (Å²) in [4.78, 5) is 11.6. The Bertz CT molecular complexity index is 908. The van der Waals surface area contributed by atoms with E-state index in [4.69, 9.17) is 11.6 Å². The van der Waals surface area contributed by atoms with Gasteiger partial charge in [0.15, 0.2) is 11.0 Å². The van der Waals surface area contributed by atoms with Crippen molar-refractivity contribution in [3.05, 3.63) is 59.1 Å². The van der Waals surface area contributed by atoms with Crippen LogP contribution in [0.5, 0.6) is 0 Å². The molecule has 0 radical (unpaired) electrons. The van der Waals surface area contributed by atoms with Crippen LogP contribution in [0.1, 0.15) is 18.9 Å². The quantitative estimate of drug-likeness (QED) is 0.619. The molecule has 0 saturated carbocycles. The number of benzene rings is 2. The van der Waals surface area contributed by atoms with E-state index in [1.54, 1.807) is 11.8 Å². The van der Waals surface area contributed by atoms with Crippen molar-refractivity contribution in [2.45, 2.75) is 24.3 Å². The minimum absolute atomic E-state index is 0.0145. The van der Waals surface area contributed by atoms with Crippen molar-refractivity contribution in [3.63, 3.8) is 0 Å². The normalized spacial score (nSPS) is 10.7. The van der Waals surface area contributed by atoms with Crippen LogP contribution in [-0.4, -0.2) is 20.7 Å². The number of rotatable bonds is 6. The van der Waals surface area contributed by atoms with Crippen molar-refractivity contribution < 1.29 is 4.79 Å². The molecule has 0 aliphatic carbocycles. The smallest absolute Gasteiger partial charge is 0.224 e. The second-order valence-electron chi connectivity index (χ2n) is 5.76. The van der Waals surface area contributed by atoms with Crippen molar-refractivity contribution in [2.75, 3.05) is 5.32 Å². The van der Waals surface area contributed by atoms with Crippen LogP contribution in [0.3, 0.4) is 0 Å². The maximum atomic E-state index is 11.6. The van der Waals surface area contributed by atoms with Gasteiger partial charge in [0.05, 0.1) is 0 Å².